The van der Waals surface area contributed by atoms with Gasteiger partial charge in [-0.2, -0.15) is 0 Å². The van der Waals surface area contributed by atoms with Crippen molar-refractivity contribution in [3.63, 3.8) is 0 Å². The van der Waals surface area contributed by atoms with Crippen molar-refractivity contribution >= 4 is 106 Å². The van der Waals surface area contributed by atoms with E-state index < -0.39 is 0 Å². The highest BCUT2D eigenvalue weighted by Gasteiger charge is 2.48. The Hall–Kier alpha value is -0.720. The van der Waals surface area contributed by atoms with Crippen molar-refractivity contribution in [1.29, 1.82) is 0 Å². The number of carbonyl (C=O) groups excluding carboxylic acids is 2. The quantitative estimate of drug-likeness (QED) is 0.0477. The van der Waals surface area contributed by atoms with Gasteiger partial charge in [-0.15, -0.1) is 47.0 Å². The third-order valence-electron chi connectivity index (χ3n) is 15.2. The Balaban J connectivity index is 0.832. The average molecular weight is 1130 g/mol. The predicted octanol–water partition coefficient (Wildman–Crippen LogP) is 22.7. The summed E-state index contributed by atoms with van der Waals surface area (Å²) < 4.78 is 8.96. The first-order chi connectivity index (χ1) is 36.0. The van der Waals surface area contributed by atoms with Crippen LogP contribution in [0.25, 0.3) is 0 Å². The zero-order chi connectivity index (χ0) is 50.9. The molecule has 10 heteroatoms. The Morgan fingerprint density at radius 1 is 0.397 bits per heavy atom. The highest BCUT2D eigenvalue weighted by Crippen LogP contribution is 2.66. The highest BCUT2D eigenvalue weighted by molar-refractivity contribution is 8.45. The highest BCUT2D eigenvalue weighted by atomic mass is 32.3. The number of benzene rings is 2. The van der Waals surface area contributed by atoms with Crippen molar-refractivity contribution in [1.82, 2.24) is 0 Å². The number of ketones is 2. The number of hydrogen-bond donors (Lipinski definition) is 0. The average Bonchev–Trinajstić information content (AvgIpc) is 4.04. The molecule has 0 spiro atoms. The standard InChI is InChI=1S/C63H88O2S8/c1-4-6-8-10-12-14-16-18-20-22-24-26-28-35-43-68-60-61(69-44-36-29-27-25-23-21-19-17-15-13-11-9-7-5-2)73-63(72-60)62-70-58(66-3)59(71-62)67-45-37-34-38-47-46-52(64)55-53-48-39-30-32-41-50(48)54(56(55)57(47)65)51-42-33-31-40-49(51)53/h30-33,39-42,46,53-54H,4-29,34-38,43-45H2,1-3H3. The van der Waals surface area contributed by atoms with Gasteiger partial charge in [0.25, 0.3) is 0 Å². The molecule has 4 aliphatic carbocycles. The molecule has 0 saturated heterocycles. The molecular weight excluding hydrogens is 1050 g/mol. The van der Waals surface area contributed by atoms with Gasteiger partial charge in [0.2, 0.25) is 0 Å². The number of allylic oxidation sites excluding steroid dienone is 4. The summed E-state index contributed by atoms with van der Waals surface area (Å²) in [4.78, 5) is 28.2. The maximum Gasteiger partial charge on any atom is 0.186 e. The van der Waals surface area contributed by atoms with Crippen LogP contribution in [-0.4, -0.2) is 35.1 Å². The summed E-state index contributed by atoms with van der Waals surface area (Å²) in [6.07, 6.45) is 46.1. The SMILES string of the molecule is CCCCCCCCCCCCCCCCSC1=C(SCCCCCCCCCCCCCCCC)SC(=C2SC(SC)=C(SCCCCC3=CC(=O)C4=C(C3=O)C3c5ccccc5C4c4ccccc43)S2)S1. The van der Waals surface area contributed by atoms with Gasteiger partial charge >= 0.3 is 0 Å². The van der Waals surface area contributed by atoms with E-state index in [-0.39, 0.29) is 23.4 Å². The van der Waals surface area contributed by atoms with E-state index in [0.717, 1.165) is 29.7 Å². The largest absolute Gasteiger partial charge is 0.290 e. The second-order valence-corrected chi connectivity index (χ2v) is 30.6. The van der Waals surface area contributed by atoms with E-state index in [2.05, 4.69) is 116 Å². The van der Waals surface area contributed by atoms with Crippen molar-refractivity contribution in [3.05, 3.63) is 119 Å². The monoisotopic (exact) mass is 1130 g/mol. The number of rotatable bonds is 39. The van der Waals surface area contributed by atoms with Gasteiger partial charge in [0.05, 0.1) is 25.4 Å². The van der Waals surface area contributed by atoms with Gasteiger partial charge in [0.15, 0.2) is 11.6 Å². The molecule has 2 aliphatic heterocycles. The summed E-state index contributed by atoms with van der Waals surface area (Å²) in [6.45, 7) is 4.61. The zero-order valence-corrected chi connectivity index (χ0v) is 51.5. The summed E-state index contributed by atoms with van der Waals surface area (Å²) >= 11 is 16.3. The Bertz CT molecular complexity index is 2140. The molecule has 0 amide bonds. The second kappa shape index (κ2) is 34.3. The lowest BCUT2D eigenvalue weighted by molar-refractivity contribution is -0.116. The number of Topliss-reactive ketones (excluding diaryl/α,β-unsaturated/α-hetero) is 1. The van der Waals surface area contributed by atoms with E-state index in [1.165, 1.54) is 230 Å². The van der Waals surface area contributed by atoms with Gasteiger partial charge in [0, 0.05) is 28.6 Å². The Morgan fingerprint density at radius 3 is 1.08 bits per heavy atom. The minimum atomic E-state index is -0.154. The van der Waals surface area contributed by atoms with Crippen LogP contribution in [-0.2, 0) is 9.59 Å². The maximum atomic E-state index is 14.3. The fourth-order valence-corrected chi connectivity index (χ4v) is 22.9. The molecule has 2 aromatic rings. The van der Waals surface area contributed by atoms with Crippen molar-refractivity contribution in [2.45, 2.75) is 225 Å². The molecule has 400 valence electrons. The lowest BCUT2D eigenvalue weighted by Crippen LogP contribution is -2.36. The van der Waals surface area contributed by atoms with Crippen LogP contribution in [0.4, 0.5) is 0 Å². The van der Waals surface area contributed by atoms with Gasteiger partial charge < -0.3 is 0 Å². The van der Waals surface area contributed by atoms with Crippen molar-refractivity contribution in [3.8, 4) is 0 Å². The van der Waals surface area contributed by atoms with E-state index in [1.54, 1.807) is 14.6 Å². The second-order valence-electron chi connectivity index (χ2n) is 20.8. The first kappa shape index (κ1) is 59.9. The van der Waals surface area contributed by atoms with Gasteiger partial charge in [-0.1, -0.05) is 276 Å². The van der Waals surface area contributed by atoms with Crippen LogP contribution in [0.5, 0.6) is 0 Å². The molecule has 0 saturated carbocycles. The minimum Gasteiger partial charge on any atom is -0.290 e. The Labute approximate surface area is 478 Å². The molecule has 2 nitrogen and oxygen atoms in total. The number of unbranched alkanes of at least 4 members (excludes halogenated alkanes) is 27. The van der Waals surface area contributed by atoms with E-state index in [9.17, 15) is 9.59 Å². The molecule has 2 heterocycles. The lowest BCUT2D eigenvalue weighted by Gasteiger charge is -2.43. The number of thioether (sulfide) groups is 8. The van der Waals surface area contributed by atoms with Gasteiger partial charge in [-0.3, -0.25) is 9.59 Å². The van der Waals surface area contributed by atoms with Gasteiger partial charge in [0.1, 0.15) is 0 Å². The number of hydrogen-bond acceptors (Lipinski definition) is 10. The smallest absolute Gasteiger partial charge is 0.186 e. The van der Waals surface area contributed by atoms with Gasteiger partial charge in [-0.25, -0.2) is 0 Å². The van der Waals surface area contributed by atoms with Crippen molar-refractivity contribution < 1.29 is 9.59 Å². The van der Waals surface area contributed by atoms with Crippen LogP contribution in [0.1, 0.15) is 247 Å². The molecule has 0 fully saturated rings. The first-order valence-corrected chi connectivity index (χ1v) is 36.6. The molecule has 0 N–H and O–H groups in total. The molecule has 8 rings (SSSR count). The molecule has 0 radical (unpaired) electrons. The Kier molecular flexibility index (Phi) is 28.2. The van der Waals surface area contributed by atoms with Crippen LogP contribution in [0.15, 0.2) is 96.7 Å². The molecule has 73 heavy (non-hydrogen) atoms. The van der Waals surface area contributed by atoms with Crippen LogP contribution in [0.3, 0.4) is 0 Å². The van der Waals surface area contributed by atoms with E-state index in [0.29, 0.717) is 12.0 Å². The van der Waals surface area contributed by atoms with Crippen LogP contribution < -0.4 is 0 Å². The van der Waals surface area contributed by atoms with Crippen molar-refractivity contribution in [2.75, 3.05) is 23.5 Å². The molecule has 0 aromatic heterocycles. The molecule has 0 unspecified atom stereocenters. The van der Waals surface area contributed by atoms with E-state index >= 15 is 0 Å². The lowest BCUT2D eigenvalue weighted by atomic mass is 9.58. The summed E-state index contributed by atoms with van der Waals surface area (Å²) in [5.74, 6) is 3.33. The fourth-order valence-electron chi connectivity index (χ4n) is 11.1. The molecule has 2 bridgehead atoms. The summed E-state index contributed by atoms with van der Waals surface area (Å²) in [7, 11) is 0. The van der Waals surface area contributed by atoms with E-state index in [1.807, 2.05) is 47.0 Å². The molecule has 6 aliphatic rings. The third kappa shape index (κ3) is 18.2. The Morgan fingerprint density at radius 2 is 0.712 bits per heavy atom. The predicted molar refractivity (Wildman–Crippen MR) is 338 cm³/mol. The first-order valence-electron chi connectivity index (χ1n) is 29.1. The third-order valence-corrected chi connectivity index (χ3v) is 26.9. The van der Waals surface area contributed by atoms with Crippen molar-refractivity contribution in [2.24, 2.45) is 0 Å². The van der Waals surface area contributed by atoms with Crippen LogP contribution >= 0.6 is 94.1 Å². The maximum absolute atomic E-state index is 14.3. The fraction of sp³-hybridized carbons (Fsp3) is 0.619. The van der Waals surface area contributed by atoms with Crippen LogP contribution in [0.2, 0.25) is 0 Å². The molecule has 2 aromatic carbocycles. The number of carbonyl (C=O) groups is 2. The topological polar surface area (TPSA) is 34.1 Å². The summed E-state index contributed by atoms with van der Waals surface area (Å²) in [5, 5.41) is 0. The molecular formula is C63H88O2S8. The van der Waals surface area contributed by atoms with Gasteiger partial charge in [-0.05, 0) is 83.9 Å². The summed E-state index contributed by atoms with van der Waals surface area (Å²) in [6, 6.07) is 16.9. The summed E-state index contributed by atoms with van der Waals surface area (Å²) in [5.41, 5.74) is 6.94. The zero-order valence-electron chi connectivity index (χ0n) is 45.0. The minimum absolute atomic E-state index is 0.0394. The normalized spacial score (nSPS) is 18.2. The van der Waals surface area contributed by atoms with Crippen LogP contribution in [0, 0.1) is 0 Å². The molecule has 0 atom stereocenters. The van der Waals surface area contributed by atoms with E-state index in [4.69, 9.17) is 0 Å².